The van der Waals surface area contributed by atoms with Crippen LogP contribution in [0.25, 0.3) is 65.0 Å². The minimum atomic E-state index is 1.13. The van der Waals surface area contributed by atoms with Crippen LogP contribution in [0.5, 0.6) is 0 Å². The summed E-state index contributed by atoms with van der Waals surface area (Å²) in [6, 6.07) is 64.0. The zero-order valence-electron chi connectivity index (χ0n) is 24.7. The van der Waals surface area contributed by atoms with Crippen LogP contribution in [0.1, 0.15) is 0 Å². The first-order chi connectivity index (χ1) is 22.3. The highest BCUT2D eigenvalue weighted by Crippen LogP contribution is 2.43. The van der Waals surface area contributed by atoms with Gasteiger partial charge < -0.3 is 4.90 Å². The maximum Gasteiger partial charge on any atom is 0.0540 e. The normalized spacial score (nSPS) is 11.6. The van der Waals surface area contributed by atoms with Crippen LogP contribution in [0.4, 0.5) is 17.1 Å². The first-order valence-electron chi connectivity index (χ1n) is 15.5. The van der Waals surface area contributed by atoms with Gasteiger partial charge >= 0.3 is 0 Å². The predicted octanol–water partition coefficient (Wildman–Crippen LogP) is 12.6. The minimum absolute atomic E-state index is 1.13. The number of para-hydroxylation sites is 1. The van der Waals surface area contributed by atoms with Gasteiger partial charge in [0.25, 0.3) is 0 Å². The number of rotatable bonds is 4. The van der Waals surface area contributed by atoms with Gasteiger partial charge in [-0.15, -0.1) is 0 Å². The first kappa shape index (κ1) is 25.6. The van der Waals surface area contributed by atoms with Gasteiger partial charge in [0.15, 0.2) is 0 Å². The van der Waals surface area contributed by atoms with Crippen LogP contribution >= 0.6 is 0 Å². The highest BCUT2D eigenvalue weighted by molar-refractivity contribution is 6.28. The van der Waals surface area contributed by atoms with Crippen LogP contribution in [-0.4, -0.2) is 0 Å². The van der Waals surface area contributed by atoms with Crippen molar-refractivity contribution < 1.29 is 0 Å². The summed E-state index contributed by atoms with van der Waals surface area (Å²) >= 11 is 0. The molecule has 9 aromatic carbocycles. The third-order valence-corrected chi connectivity index (χ3v) is 9.19. The standard InChI is InChI=1S/C44H29N/c1-2-12-37(13-3-1)45(38-26-23-31(24-27-38)36-22-17-30-9-4-5-11-35(30)29-36)42-16-8-15-41-40(42)28-25-34-21-20-33-19-18-32-10-6-7-14-39(32)43(33)44(34)41/h1-29H. The Morgan fingerprint density at radius 2 is 0.844 bits per heavy atom. The molecule has 0 aromatic heterocycles. The first-order valence-corrected chi connectivity index (χ1v) is 15.5. The monoisotopic (exact) mass is 571 g/mol. The minimum Gasteiger partial charge on any atom is -0.310 e. The van der Waals surface area contributed by atoms with E-state index in [9.17, 15) is 0 Å². The molecule has 210 valence electrons. The van der Waals surface area contributed by atoms with Crippen molar-refractivity contribution in [2.45, 2.75) is 0 Å². The number of benzene rings is 9. The molecule has 45 heavy (non-hydrogen) atoms. The van der Waals surface area contributed by atoms with Gasteiger partial charge in [-0.1, -0.05) is 140 Å². The second-order valence-corrected chi connectivity index (χ2v) is 11.8. The van der Waals surface area contributed by atoms with Gasteiger partial charge in [-0.3, -0.25) is 0 Å². The second kappa shape index (κ2) is 10.4. The van der Waals surface area contributed by atoms with Crippen molar-refractivity contribution in [3.05, 3.63) is 176 Å². The average molecular weight is 572 g/mol. The molecule has 0 spiro atoms. The maximum absolute atomic E-state index is 2.39. The van der Waals surface area contributed by atoms with E-state index < -0.39 is 0 Å². The van der Waals surface area contributed by atoms with E-state index in [1.54, 1.807) is 0 Å². The molecule has 1 nitrogen and oxygen atoms in total. The van der Waals surface area contributed by atoms with E-state index in [4.69, 9.17) is 0 Å². The summed E-state index contributed by atoms with van der Waals surface area (Å²) in [6.07, 6.45) is 0. The quantitative estimate of drug-likeness (QED) is 0.190. The van der Waals surface area contributed by atoms with Crippen molar-refractivity contribution in [1.82, 2.24) is 0 Å². The fourth-order valence-electron chi connectivity index (χ4n) is 7.03. The summed E-state index contributed by atoms with van der Waals surface area (Å²) in [5.74, 6) is 0. The highest BCUT2D eigenvalue weighted by atomic mass is 15.1. The van der Waals surface area contributed by atoms with Crippen LogP contribution < -0.4 is 4.90 Å². The molecule has 0 N–H and O–H groups in total. The zero-order chi connectivity index (χ0) is 29.7. The summed E-state index contributed by atoms with van der Waals surface area (Å²) in [7, 11) is 0. The Labute approximate surface area is 262 Å². The molecular weight excluding hydrogens is 542 g/mol. The smallest absolute Gasteiger partial charge is 0.0540 e. The van der Waals surface area contributed by atoms with Gasteiger partial charge in [-0.05, 0) is 96.0 Å². The van der Waals surface area contributed by atoms with Crippen molar-refractivity contribution in [3.63, 3.8) is 0 Å². The number of anilines is 3. The molecule has 0 aliphatic heterocycles. The molecule has 0 saturated heterocycles. The fourth-order valence-corrected chi connectivity index (χ4v) is 7.03. The van der Waals surface area contributed by atoms with Crippen molar-refractivity contribution in [1.29, 1.82) is 0 Å². The summed E-state index contributed by atoms with van der Waals surface area (Å²) in [6.45, 7) is 0. The number of nitrogens with zero attached hydrogens (tertiary/aromatic N) is 1. The molecule has 0 radical (unpaired) electrons. The molecule has 9 aromatic rings. The van der Waals surface area contributed by atoms with Crippen molar-refractivity contribution in [3.8, 4) is 11.1 Å². The van der Waals surface area contributed by atoms with E-state index in [2.05, 4.69) is 181 Å². The predicted molar refractivity (Wildman–Crippen MR) is 194 cm³/mol. The van der Waals surface area contributed by atoms with Gasteiger partial charge in [0, 0.05) is 16.8 Å². The number of fused-ring (bicyclic) bond motifs is 8. The van der Waals surface area contributed by atoms with E-state index in [-0.39, 0.29) is 0 Å². The Hall–Kier alpha value is -5.92. The lowest BCUT2D eigenvalue weighted by atomic mass is 9.92. The molecule has 0 amide bonds. The fraction of sp³-hybridized carbons (Fsp3) is 0. The molecule has 0 fully saturated rings. The molecule has 0 saturated carbocycles. The van der Waals surface area contributed by atoms with Gasteiger partial charge in [0.1, 0.15) is 0 Å². The molecule has 0 aliphatic rings. The van der Waals surface area contributed by atoms with Gasteiger partial charge in [0.05, 0.1) is 5.69 Å². The van der Waals surface area contributed by atoms with E-state index in [0.717, 1.165) is 17.1 Å². The van der Waals surface area contributed by atoms with Crippen LogP contribution in [0, 0.1) is 0 Å². The third-order valence-electron chi connectivity index (χ3n) is 9.19. The van der Waals surface area contributed by atoms with Crippen LogP contribution in [0.3, 0.4) is 0 Å². The van der Waals surface area contributed by atoms with Gasteiger partial charge in [0.2, 0.25) is 0 Å². The lowest BCUT2D eigenvalue weighted by Crippen LogP contribution is -2.10. The van der Waals surface area contributed by atoms with Crippen molar-refractivity contribution in [2.75, 3.05) is 4.90 Å². The Morgan fingerprint density at radius 3 is 1.64 bits per heavy atom. The SMILES string of the molecule is c1ccc(N(c2ccc(-c3ccc4ccccc4c3)cc2)c2cccc3c2ccc2ccc4ccc5ccccc5c4c23)cc1. The van der Waals surface area contributed by atoms with Gasteiger partial charge in [-0.2, -0.15) is 0 Å². The van der Waals surface area contributed by atoms with Crippen molar-refractivity contribution >= 4 is 70.9 Å². The molecule has 0 atom stereocenters. The molecule has 0 aliphatic carbocycles. The van der Waals surface area contributed by atoms with Crippen LogP contribution in [-0.2, 0) is 0 Å². The van der Waals surface area contributed by atoms with Crippen LogP contribution in [0.15, 0.2) is 176 Å². The number of hydrogen-bond acceptors (Lipinski definition) is 1. The Kier molecular flexibility index (Phi) is 5.89. The molecule has 0 heterocycles. The second-order valence-electron chi connectivity index (χ2n) is 11.8. The molecular formula is C44H29N. The van der Waals surface area contributed by atoms with E-state index in [1.165, 1.54) is 65.0 Å². The highest BCUT2D eigenvalue weighted by Gasteiger charge is 2.17. The molecule has 0 bridgehead atoms. The summed E-state index contributed by atoms with van der Waals surface area (Å²) in [5.41, 5.74) is 5.85. The van der Waals surface area contributed by atoms with E-state index in [0.29, 0.717) is 0 Å². The Balaban J connectivity index is 1.25. The van der Waals surface area contributed by atoms with E-state index >= 15 is 0 Å². The molecule has 0 unspecified atom stereocenters. The average Bonchev–Trinajstić information content (AvgIpc) is 3.12. The molecule has 1 heteroatoms. The van der Waals surface area contributed by atoms with E-state index in [1.807, 2.05) is 0 Å². The van der Waals surface area contributed by atoms with Crippen LogP contribution in [0.2, 0.25) is 0 Å². The summed E-state index contributed by atoms with van der Waals surface area (Å²) in [4.78, 5) is 2.39. The van der Waals surface area contributed by atoms with Gasteiger partial charge in [-0.25, -0.2) is 0 Å². The molecule has 9 rings (SSSR count). The topological polar surface area (TPSA) is 3.24 Å². The largest absolute Gasteiger partial charge is 0.310 e. The zero-order valence-corrected chi connectivity index (χ0v) is 24.7. The maximum atomic E-state index is 2.39. The number of hydrogen-bond donors (Lipinski definition) is 0. The van der Waals surface area contributed by atoms with Crippen molar-refractivity contribution in [2.24, 2.45) is 0 Å². The third kappa shape index (κ3) is 4.24. The summed E-state index contributed by atoms with van der Waals surface area (Å²) in [5, 5.41) is 12.7. The Bertz CT molecular complexity index is 2520. The lowest BCUT2D eigenvalue weighted by Gasteiger charge is -2.27. The Morgan fingerprint density at radius 1 is 0.289 bits per heavy atom. The summed E-state index contributed by atoms with van der Waals surface area (Å²) < 4.78 is 0. The lowest BCUT2D eigenvalue weighted by molar-refractivity contribution is 1.30.